The topological polar surface area (TPSA) is 37.3 Å². The number of carboxylic acid groups (broad SMARTS) is 1. The Balaban J connectivity index is 0.000000181. The van der Waals surface area contributed by atoms with Gasteiger partial charge in [0.2, 0.25) is 0 Å². The minimum Gasteiger partial charge on any atom is -0.481 e. The third kappa shape index (κ3) is 5.11. The maximum atomic E-state index is 10.6. The number of carbonyl (C=O) groups is 1. The Morgan fingerprint density at radius 1 is 1.12 bits per heavy atom. The number of rotatable bonds is 1. The van der Waals surface area contributed by atoms with Gasteiger partial charge in [0.1, 0.15) is 0 Å². The zero-order chi connectivity index (χ0) is 13.1. The average molecular weight is 312 g/mol. The van der Waals surface area contributed by atoms with E-state index in [0.29, 0.717) is 0 Å². The van der Waals surface area contributed by atoms with Gasteiger partial charge in [0, 0.05) is 0 Å². The predicted octanol–water partition coefficient (Wildman–Crippen LogP) is 3.23. The second-order valence-corrected chi connectivity index (χ2v) is 17.4. The SMILES string of the molecule is CP1(=S)CCCC1.C[P@@]1(=S)CCC[C@@H]1C(=O)O. The fourth-order valence-corrected chi connectivity index (χ4v) is 8.46. The normalized spacial score (nSPS) is 35.1. The zero-order valence-corrected chi connectivity index (χ0v) is 14.0. The van der Waals surface area contributed by atoms with E-state index in [4.69, 9.17) is 28.7 Å². The molecule has 0 radical (unpaired) electrons. The van der Waals surface area contributed by atoms with E-state index in [1.165, 1.54) is 25.2 Å². The third-order valence-corrected chi connectivity index (χ3v) is 11.5. The van der Waals surface area contributed by atoms with E-state index < -0.39 is 18.0 Å². The van der Waals surface area contributed by atoms with Gasteiger partial charge in [0.25, 0.3) is 0 Å². The van der Waals surface area contributed by atoms with E-state index in [0.717, 1.165) is 19.0 Å². The van der Waals surface area contributed by atoms with Crippen molar-refractivity contribution in [2.75, 3.05) is 31.8 Å². The molecule has 0 saturated carbocycles. The summed E-state index contributed by atoms with van der Waals surface area (Å²) in [7, 11) is 0. The molecule has 0 spiro atoms. The van der Waals surface area contributed by atoms with Gasteiger partial charge in [-0.3, -0.25) is 4.79 Å². The predicted molar refractivity (Wildman–Crippen MR) is 84.9 cm³/mol. The van der Waals surface area contributed by atoms with Gasteiger partial charge in [0.15, 0.2) is 0 Å². The monoisotopic (exact) mass is 312 g/mol. The summed E-state index contributed by atoms with van der Waals surface area (Å²) in [4.78, 5) is 10.6. The zero-order valence-electron chi connectivity index (χ0n) is 10.6. The van der Waals surface area contributed by atoms with Crippen molar-refractivity contribution in [3.05, 3.63) is 0 Å². The lowest BCUT2D eigenvalue weighted by molar-refractivity contribution is -0.136. The van der Waals surface area contributed by atoms with E-state index in [1.807, 2.05) is 6.66 Å². The molecule has 2 fully saturated rings. The summed E-state index contributed by atoms with van der Waals surface area (Å²) in [6.45, 7) is 4.25. The van der Waals surface area contributed by atoms with Gasteiger partial charge in [0.05, 0.1) is 5.66 Å². The molecule has 2 saturated heterocycles. The molecule has 1 N–H and O–H groups in total. The molecule has 0 amide bonds. The lowest BCUT2D eigenvalue weighted by atomic mass is 10.3. The first-order valence-corrected chi connectivity index (χ1v) is 13.2. The standard InChI is InChI=1S/C6H11O2PS.C5H11PS/c1-9(10)4-2-3-5(9)6(7)8;1-6(7)4-2-3-5-6/h5H,2-4H2,1H3,(H,7,8);2-5H2,1H3/t5-,9-;/m1./s1. The first-order chi connectivity index (χ1) is 7.75. The van der Waals surface area contributed by atoms with Crippen LogP contribution < -0.4 is 0 Å². The number of aliphatic carboxylic acids is 1. The Morgan fingerprint density at radius 3 is 1.82 bits per heavy atom. The highest BCUT2D eigenvalue weighted by molar-refractivity contribution is 8.15. The highest BCUT2D eigenvalue weighted by Crippen LogP contribution is 2.55. The van der Waals surface area contributed by atoms with E-state index in [1.54, 1.807) is 0 Å². The Hall–Kier alpha value is 0.770. The van der Waals surface area contributed by atoms with E-state index in [9.17, 15) is 4.79 Å². The molecule has 0 aromatic rings. The van der Waals surface area contributed by atoms with E-state index in [-0.39, 0.29) is 5.66 Å². The smallest absolute Gasteiger partial charge is 0.311 e. The molecule has 0 bridgehead atoms. The maximum Gasteiger partial charge on any atom is 0.311 e. The Bertz CT molecular complexity index is 372. The van der Waals surface area contributed by atoms with Gasteiger partial charge < -0.3 is 5.11 Å². The molecule has 6 heteroatoms. The van der Waals surface area contributed by atoms with Crippen molar-refractivity contribution in [2.24, 2.45) is 0 Å². The fraction of sp³-hybridized carbons (Fsp3) is 0.909. The van der Waals surface area contributed by atoms with Crippen LogP contribution in [-0.4, -0.2) is 48.6 Å². The van der Waals surface area contributed by atoms with Gasteiger partial charge in [-0.1, -0.05) is 23.6 Å². The van der Waals surface area contributed by atoms with Gasteiger partial charge in [-0.15, -0.1) is 0 Å². The highest BCUT2D eigenvalue weighted by atomic mass is 32.4. The molecular formula is C11H22O2P2S2. The Labute approximate surface area is 115 Å². The van der Waals surface area contributed by atoms with Crippen LogP contribution in [0, 0.1) is 0 Å². The van der Waals surface area contributed by atoms with Crippen molar-refractivity contribution in [1.29, 1.82) is 0 Å². The van der Waals surface area contributed by atoms with Gasteiger partial charge in [-0.05, 0) is 69.6 Å². The van der Waals surface area contributed by atoms with E-state index in [2.05, 4.69) is 6.66 Å². The molecule has 2 rings (SSSR count). The van der Waals surface area contributed by atoms with Crippen LogP contribution in [0.5, 0.6) is 0 Å². The first-order valence-electron chi connectivity index (χ1n) is 6.09. The molecule has 2 nitrogen and oxygen atoms in total. The number of carboxylic acids is 1. The molecule has 0 aliphatic carbocycles. The minimum absolute atomic E-state index is 0.178. The van der Waals surface area contributed by atoms with Crippen molar-refractivity contribution in [1.82, 2.24) is 0 Å². The van der Waals surface area contributed by atoms with Gasteiger partial charge >= 0.3 is 5.97 Å². The molecule has 2 aliphatic rings. The maximum absolute atomic E-state index is 10.6. The summed E-state index contributed by atoms with van der Waals surface area (Å²) in [5, 5.41) is 8.71. The lowest BCUT2D eigenvalue weighted by Gasteiger charge is -2.13. The second kappa shape index (κ2) is 6.28. The minimum atomic E-state index is -1.48. The summed E-state index contributed by atoms with van der Waals surface area (Å²) in [6, 6.07) is -2.19. The largest absolute Gasteiger partial charge is 0.481 e. The Kier molecular flexibility index (Phi) is 5.85. The van der Waals surface area contributed by atoms with Crippen molar-refractivity contribution < 1.29 is 9.90 Å². The van der Waals surface area contributed by atoms with Crippen LogP contribution in [0.2, 0.25) is 0 Å². The average Bonchev–Trinajstić information content (AvgIpc) is 2.71. The summed E-state index contributed by atoms with van der Waals surface area (Å²) in [5.41, 5.74) is -0.178. The third-order valence-electron chi connectivity index (χ3n) is 3.54. The molecule has 17 heavy (non-hydrogen) atoms. The van der Waals surface area contributed by atoms with Crippen LogP contribution >= 0.6 is 12.1 Å². The molecule has 2 atom stereocenters. The van der Waals surface area contributed by atoms with E-state index >= 15 is 0 Å². The molecule has 0 unspecified atom stereocenters. The summed E-state index contributed by atoms with van der Waals surface area (Å²) >= 11 is 10.6. The molecule has 2 heterocycles. The quantitative estimate of drug-likeness (QED) is 0.754. The van der Waals surface area contributed by atoms with Crippen LogP contribution in [-0.2, 0) is 28.4 Å². The van der Waals surface area contributed by atoms with Crippen molar-refractivity contribution in [2.45, 2.75) is 31.3 Å². The number of hydrogen-bond acceptors (Lipinski definition) is 3. The molecule has 100 valence electrons. The summed E-state index contributed by atoms with van der Waals surface area (Å²) in [6.07, 6.45) is 8.39. The van der Waals surface area contributed by atoms with Crippen LogP contribution in [0.4, 0.5) is 0 Å². The molecule has 0 aromatic carbocycles. The van der Waals surface area contributed by atoms with Crippen molar-refractivity contribution >= 4 is 41.7 Å². The lowest BCUT2D eigenvalue weighted by Crippen LogP contribution is -2.15. The molecule has 0 aromatic heterocycles. The van der Waals surface area contributed by atoms with Crippen molar-refractivity contribution in [3.8, 4) is 0 Å². The van der Waals surface area contributed by atoms with Gasteiger partial charge in [-0.25, -0.2) is 0 Å². The van der Waals surface area contributed by atoms with Crippen LogP contribution in [0.1, 0.15) is 25.7 Å². The summed E-state index contributed by atoms with van der Waals surface area (Å²) < 4.78 is 0. The number of hydrogen-bond donors (Lipinski definition) is 1. The first kappa shape index (κ1) is 15.8. The van der Waals surface area contributed by atoms with Crippen LogP contribution in [0.25, 0.3) is 0 Å². The van der Waals surface area contributed by atoms with Crippen LogP contribution in [0.3, 0.4) is 0 Å². The van der Waals surface area contributed by atoms with Gasteiger partial charge in [-0.2, -0.15) is 0 Å². The molecular weight excluding hydrogens is 290 g/mol. The summed E-state index contributed by atoms with van der Waals surface area (Å²) in [5.74, 6) is -0.677. The molecule has 2 aliphatic heterocycles. The fourth-order valence-electron chi connectivity index (χ4n) is 2.39. The van der Waals surface area contributed by atoms with Crippen molar-refractivity contribution in [3.63, 3.8) is 0 Å². The Morgan fingerprint density at radius 2 is 1.65 bits per heavy atom. The second-order valence-electron chi connectivity index (χ2n) is 5.35. The highest BCUT2D eigenvalue weighted by Gasteiger charge is 2.34. The van der Waals surface area contributed by atoms with Crippen LogP contribution in [0.15, 0.2) is 0 Å².